The lowest BCUT2D eigenvalue weighted by atomic mass is 10.3. The van der Waals surface area contributed by atoms with E-state index in [2.05, 4.69) is 14.3 Å². The van der Waals surface area contributed by atoms with Gasteiger partial charge >= 0.3 is 12.1 Å². The summed E-state index contributed by atoms with van der Waals surface area (Å²) in [5.41, 5.74) is -0.184. The molecule has 0 radical (unpaired) electrons. The molecule has 142 valence electrons. The summed E-state index contributed by atoms with van der Waals surface area (Å²) in [4.78, 5) is 46.6. The fourth-order valence-electron chi connectivity index (χ4n) is 1.46. The van der Waals surface area contributed by atoms with E-state index in [9.17, 15) is 29.8 Å². The van der Waals surface area contributed by atoms with E-state index in [1.807, 2.05) is 0 Å². The Labute approximate surface area is 145 Å². The van der Waals surface area contributed by atoms with Crippen LogP contribution in [-0.2, 0) is 23.8 Å². The first-order chi connectivity index (χ1) is 12.3. The maximum Gasteiger partial charge on any atom is 0.516 e. The van der Waals surface area contributed by atoms with Gasteiger partial charge in [-0.25, -0.2) is 9.59 Å². The summed E-state index contributed by atoms with van der Waals surface area (Å²) in [5, 5.41) is 19.4. The number of nitro benzene ring substituents is 1. The molecule has 13 nitrogen and oxygen atoms in total. The van der Waals surface area contributed by atoms with Crippen molar-refractivity contribution in [2.24, 2.45) is 0 Å². The molecular weight excluding hydrogens is 360 g/mol. The monoisotopic (exact) mass is 374 g/mol. The fourth-order valence-corrected chi connectivity index (χ4v) is 1.46. The van der Waals surface area contributed by atoms with Gasteiger partial charge in [-0.15, -0.1) is 10.1 Å². The predicted molar refractivity (Wildman–Crippen MR) is 79.5 cm³/mol. The van der Waals surface area contributed by atoms with Crippen LogP contribution in [-0.4, -0.2) is 48.2 Å². The molecule has 1 aromatic carbocycles. The van der Waals surface area contributed by atoms with Crippen LogP contribution in [0.3, 0.4) is 0 Å². The molecule has 0 heterocycles. The molecule has 1 rings (SSSR count). The lowest BCUT2D eigenvalue weighted by Gasteiger charge is -2.13. The topological polar surface area (TPSA) is 167 Å². The largest absolute Gasteiger partial charge is 0.516 e. The molecule has 0 bridgehead atoms. The van der Waals surface area contributed by atoms with E-state index in [1.165, 1.54) is 19.1 Å². The number of esters is 1. The highest BCUT2D eigenvalue weighted by atomic mass is 17.0. The molecule has 0 saturated heterocycles. The van der Waals surface area contributed by atoms with Crippen LogP contribution in [0, 0.1) is 20.2 Å². The van der Waals surface area contributed by atoms with Crippen molar-refractivity contribution < 1.29 is 43.4 Å². The number of ether oxygens (including phenoxy) is 4. The van der Waals surface area contributed by atoms with Crippen LogP contribution in [0.5, 0.6) is 5.75 Å². The molecule has 0 saturated carbocycles. The summed E-state index contributed by atoms with van der Waals surface area (Å²) in [5.74, 6) is -0.894. The molecule has 0 spiro atoms. The molecule has 1 unspecified atom stereocenters. The molecule has 0 fully saturated rings. The standard InChI is InChI=1S/C13H14N2O11/c1-9(24-12(16)8-22-6-7-23-15(20)21)25-13(17)26-11-4-2-10(3-5-11)14(18)19/h2-5,9H,6-8H2,1H3. The van der Waals surface area contributed by atoms with Crippen molar-refractivity contribution in [3.05, 3.63) is 44.5 Å². The van der Waals surface area contributed by atoms with Crippen molar-refractivity contribution in [3.8, 4) is 5.75 Å². The fraction of sp³-hybridized carbons (Fsp3) is 0.385. The third-order valence-electron chi connectivity index (χ3n) is 2.45. The van der Waals surface area contributed by atoms with E-state index in [0.29, 0.717) is 0 Å². The summed E-state index contributed by atoms with van der Waals surface area (Å²) < 4.78 is 18.8. The molecule has 0 aromatic heterocycles. The zero-order valence-corrected chi connectivity index (χ0v) is 13.4. The number of rotatable bonds is 10. The summed E-state index contributed by atoms with van der Waals surface area (Å²) in [6.45, 7) is 0.137. The van der Waals surface area contributed by atoms with Gasteiger partial charge in [-0.05, 0) is 12.1 Å². The third-order valence-corrected chi connectivity index (χ3v) is 2.45. The number of nitro groups is 1. The van der Waals surface area contributed by atoms with Gasteiger partial charge in [0.05, 0.1) is 11.5 Å². The summed E-state index contributed by atoms with van der Waals surface area (Å²) in [7, 11) is 0. The molecule has 0 aliphatic rings. The quantitative estimate of drug-likeness (QED) is 0.144. The SMILES string of the molecule is CC(OC(=O)COCCO[N+](=O)[O-])OC(=O)Oc1ccc([N+](=O)[O-])cc1. The average molecular weight is 374 g/mol. The molecule has 0 amide bonds. The van der Waals surface area contributed by atoms with Gasteiger partial charge in [-0.2, -0.15) is 0 Å². The summed E-state index contributed by atoms with van der Waals surface area (Å²) in [6, 6.07) is 4.64. The van der Waals surface area contributed by atoms with Crippen molar-refractivity contribution in [2.75, 3.05) is 19.8 Å². The minimum Gasteiger partial charge on any atom is -0.424 e. The highest BCUT2D eigenvalue weighted by molar-refractivity contribution is 5.71. The van der Waals surface area contributed by atoms with Crippen molar-refractivity contribution in [1.82, 2.24) is 0 Å². The Hall–Kier alpha value is -3.48. The van der Waals surface area contributed by atoms with E-state index in [4.69, 9.17) is 9.47 Å². The number of nitrogens with zero attached hydrogens (tertiary/aromatic N) is 2. The van der Waals surface area contributed by atoms with Crippen LogP contribution < -0.4 is 4.74 Å². The first-order valence-corrected chi connectivity index (χ1v) is 6.95. The second-order valence-electron chi connectivity index (χ2n) is 4.39. The molecule has 26 heavy (non-hydrogen) atoms. The first kappa shape index (κ1) is 20.6. The number of benzene rings is 1. The zero-order valence-electron chi connectivity index (χ0n) is 13.4. The molecule has 0 aliphatic heterocycles. The number of carbonyl (C=O) groups excluding carboxylic acids is 2. The van der Waals surface area contributed by atoms with Gasteiger partial charge in [0.25, 0.3) is 10.8 Å². The van der Waals surface area contributed by atoms with Gasteiger partial charge in [-0.1, -0.05) is 0 Å². The van der Waals surface area contributed by atoms with Crippen LogP contribution >= 0.6 is 0 Å². The molecule has 0 N–H and O–H groups in total. The lowest BCUT2D eigenvalue weighted by Crippen LogP contribution is -2.26. The Morgan fingerprint density at radius 3 is 2.31 bits per heavy atom. The highest BCUT2D eigenvalue weighted by Crippen LogP contribution is 2.17. The Morgan fingerprint density at radius 2 is 1.73 bits per heavy atom. The van der Waals surface area contributed by atoms with Gasteiger partial charge in [0.15, 0.2) is 0 Å². The minimum absolute atomic E-state index is 0.00625. The number of hydrogen-bond acceptors (Lipinski definition) is 11. The highest BCUT2D eigenvalue weighted by Gasteiger charge is 2.16. The molecule has 0 aliphatic carbocycles. The second-order valence-corrected chi connectivity index (χ2v) is 4.39. The van der Waals surface area contributed by atoms with Gasteiger partial charge in [0.2, 0.25) is 6.29 Å². The average Bonchev–Trinajstić information content (AvgIpc) is 2.54. The van der Waals surface area contributed by atoms with Gasteiger partial charge < -0.3 is 23.8 Å². The molecule has 13 heteroatoms. The lowest BCUT2D eigenvalue weighted by molar-refractivity contribution is -0.758. The van der Waals surface area contributed by atoms with Crippen molar-refractivity contribution in [1.29, 1.82) is 0 Å². The minimum atomic E-state index is -1.30. The molecule has 1 aromatic rings. The maximum absolute atomic E-state index is 11.5. The Balaban J connectivity index is 2.27. The van der Waals surface area contributed by atoms with E-state index in [1.54, 1.807) is 0 Å². The maximum atomic E-state index is 11.5. The van der Waals surface area contributed by atoms with Crippen LogP contribution in [0.15, 0.2) is 24.3 Å². The third kappa shape index (κ3) is 8.39. The smallest absolute Gasteiger partial charge is 0.424 e. The van der Waals surface area contributed by atoms with Crippen molar-refractivity contribution in [2.45, 2.75) is 13.2 Å². The second kappa shape index (κ2) is 10.4. The van der Waals surface area contributed by atoms with Crippen molar-refractivity contribution >= 4 is 17.8 Å². The van der Waals surface area contributed by atoms with E-state index in [-0.39, 0.29) is 24.7 Å². The summed E-state index contributed by atoms with van der Waals surface area (Å²) in [6.07, 6.45) is -2.49. The van der Waals surface area contributed by atoms with Crippen LogP contribution in [0.1, 0.15) is 6.92 Å². The van der Waals surface area contributed by atoms with Gasteiger partial charge in [-0.3, -0.25) is 10.1 Å². The molecular formula is C13H14N2O11. The van der Waals surface area contributed by atoms with E-state index >= 15 is 0 Å². The van der Waals surface area contributed by atoms with Gasteiger partial charge in [0.1, 0.15) is 19.0 Å². The summed E-state index contributed by atoms with van der Waals surface area (Å²) >= 11 is 0. The number of carbonyl (C=O) groups is 2. The first-order valence-electron chi connectivity index (χ1n) is 6.95. The Morgan fingerprint density at radius 1 is 1.08 bits per heavy atom. The van der Waals surface area contributed by atoms with Crippen LogP contribution in [0.2, 0.25) is 0 Å². The predicted octanol–water partition coefficient (Wildman–Crippen LogP) is 1.22. The van der Waals surface area contributed by atoms with Crippen molar-refractivity contribution in [3.63, 3.8) is 0 Å². The number of hydrogen-bond donors (Lipinski definition) is 0. The zero-order chi connectivity index (χ0) is 19.5. The molecule has 1 atom stereocenters. The van der Waals surface area contributed by atoms with E-state index < -0.39 is 35.0 Å². The van der Waals surface area contributed by atoms with Crippen LogP contribution in [0.4, 0.5) is 10.5 Å². The van der Waals surface area contributed by atoms with Gasteiger partial charge in [0, 0.05) is 19.1 Å². The Bertz CT molecular complexity index is 646. The number of non-ortho nitro benzene ring substituents is 1. The van der Waals surface area contributed by atoms with E-state index in [0.717, 1.165) is 12.1 Å². The van der Waals surface area contributed by atoms with Crippen LogP contribution in [0.25, 0.3) is 0 Å². The Kier molecular flexibility index (Phi) is 8.22. The normalized spacial score (nSPS) is 11.1.